The first-order valence-electron chi connectivity index (χ1n) is 4.52. The van der Waals surface area contributed by atoms with Gasteiger partial charge in [0, 0.05) is 12.4 Å². The van der Waals surface area contributed by atoms with Gasteiger partial charge in [0.2, 0.25) is 5.95 Å². The molecule has 0 amide bonds. The van der Waals surface area contributed by atoms with E-state index < -0.39 is 11.9 Å². The Morgan fingerprint density at radius 3 is 3.00 bits per heavy atom. The molecule has 2 rings (SSSR count). The summed E-state index contributed by atoms with van der Waals surface area (Å²) in [5.41, 5.74) is 0.311. The largest absolute Gasteiger partial charge is 0.480 e. The van der Waals surface area contributed by atoms with Crippen molar-refractivity contribution in [2.75, 3.05) is 0 Å². The first-order chi connectivity index (χ1) is 7.66. The molecule has 0 fully saturated rings. The van der Waals surface area contributed by atoms with Gasteiger partial charge >= 0.3 is 5.97 Å². The smallest absolute Gasteiger partial charge is 0.323 e. The molecule has 0 radical (unpaired) electrons. The number of aromatic nitrogens is 3. The number of carboxylic acid groups (broad SMARTS) is 1. The summed E-state index contributed by atoms with van der Waals surface area (Å²) in [6.07, 6.45) is 2.96. The van der Waals surface area contributed by atoms with E-state index in [0.29, 0.717) is 11.5 Å². The molecule has 0 aliphatic rings. The van der Waals surface area contributed by atoms with Crippen LogP contribution >= 0.6 is 0 Å². The van der Waals surface area contributed by atoms with Gasteiger partial charge in [-0.2, -0.15) is 4.39 Å². The first kappa shape index (κ1) is 10.3. The van der Waals surface area contributed by atoms with Gasteiger partial charge < -0.3 is 9.67 Å². The Labute approximate surface area is 90.2 Å². The molecule has 0 aliphatic heterocycles. The van der Waals surface area contributed by atoms with Crippen molar-refractivity contribution >= 4 is 5.97 Å². The van der Waals surface area contributed by atoms with Crippen LogP contribution in [0.5, 0.6) is 0 Å². The lowest BCUT2D eigenvalue weighted by Gasteiger charge is -2.03. The van der Waals surface area contributed by atoms with Crippen molar-refractivity contribution in [3.63, 3.8) is 0 Å². The molecule has 2 heterocycles. The summed E-state index contributed by atoms with van der Waals surface area (Å²) in [4.78, 5) is 18.2. The number of pyridine rings is 1. The molecular formula is C10H8FN3O2. The van der Waals surface area contributed by atoms with Crippen LogP contribution in [0, 0.1) is 5.95 Å². The monoisotopic (exact) mass is 221 g/mol. The maximum atomic E-state index is 12.9. The molecule has 0 saturated carbocycles. The summed E-state index contributed by atoms with van der Waals surface area (Å²) < 4.78 is 14.3. The van der Waals surface area contributed by atoms with Crippen LogP contribution in [0.4, 0.5) is 4.39 Å². The van der Waals surface area contributed by atoms with Gasteiger partial charge in [0.1, 0.15) is 12.2 Å². The summed E-state index contributed by atoms with van der Waals surface area (Å²) in [6, 6.07) is 4.29. The van der Waals surface area contributed by atoms with Crippen LogP contribution in [0.15, 0.2) is 30.6 Å². The van der Waals surface area contributed by atoms with Crippen LogP contribution in [0.25, 0.3) is 11.5 Å². The highest BCUT2D eigenvalue weighted by molar-refractivity contribution is 5.67. The highest BCUT2D eigenvalue weighted by atomic mass is 19.1. The second-order valence-corrected chi connectivity index (χ2v) is 3.12. The first-order valence-corrected chi connectivity index (χ1v) is 4.52. The van der Waals surface area contributed by atoms with Crippen LogP contribution in [0.3, 0.4) is 0 Å². The highest BCUT2D eigenvalue weighted by Gasteiger charge is 2.10. The van der Waals surface area contributed by atoms with E-state index in [4.69, 9.17) is 5.11 Å². The maximum Gasteiger partial charge on any atom is 0.323 e. The van der Waals surface area contributed by atoms with Crippen LogP contribution < -0.4 is 0 Å². The van der Waals surface area contributed by atoms with Gasteiger partial charge in [-0.1, -0.05) is 6.07 Å². The third-order valence-electron chi connectivity index (χ3n) is 1.97. The lowest BCUT2D eigenvalue weighted by atomic mass is 10.3. The minimum Gasteiger partial charge on any atom is -0.480 e. The number of hydrogen-bond acceptors (Lipinski definition) is 3. The second kappa shape index (κ2) is 4.09. The Morgan fingerprint density at radius 1 is 1.50 bits per heavy atom. The fourth-order valence-corrected chi connectivity index (χ4v) is 1.35. The number of carboxylic acids is 1. The molecule has 0 unspecified atom stereocenters. The number of imidazole rings is 1. The predicted molar refractivity (Wildman–Crippen MR) is 53.1 cm³/mol. The molecule has 0 aromatic carbocycles. The average Bonchev–Trinajstić information content (AvgIpc) is 2.65. The molecule has 2 aromatic heterocycles. The Bertz CT molecular complexity index is 524. The lowest BCUT2D eigenvalue weighted by Crippen LogP contribution is -2.09. The van der Waals surface area contributed by atoms with Crippen molar-refractivity contribution < 1.29 is 14.3 Å². The molecule has 16 heavy (non-hydrogen) atoms. The van der Waals surface area contributed by atoms with Gasteiger partial charge in [0.15, 0.2) is 5.82 Å². The van der Waals surface area contributed by atoms with Crippen LogP contribution in [0.1, 0.15) is 0 Å². The minimum atomic E-state index is -0.990. The fourth-order valence-electron chi connectivity index (χ4n) is 1.35. The second-order valence-electron chi connectivity index (χ2n) is 3.12. The molecule has 0 spiro atoms. The van der Waals surface area contributed by atoms with Gasteiger partial charge in [-0.15, -0.1) is 0 Å². The summed E-state index contributed by atoms with van der Waals surface area (Å²) >= 11 is 0. The van der Waals surface area contributed by atoms with Crippen molar-refractivity contribution in [1.29, 1.82) is 0 Å². The van der Waals surface area contributed by atoms with Crippen molar-refractivity contribution in [3.8, 4) is 11.5 Å². The van der Waals surface area contributed by atoms with E-state index in [1.165, 1.54) is 29.1 Å². The molecule has 0 bridgehead atoms. The van der Waals surface area contributed by atoms with Crippen molar-refractivity contribution in [2.24, 2.45) is 0 Å². The van der Waals surface area contributed by atoms with Crippen molar-refractivity contribution in [1.82, 2.24) is 14.5 Å². The lowest BCUT2D eigenvalue weighted by molar-refractivity contribution is -0.137. The Kier molecular flexibility index (Phi) is 2.63. The highest BCUT2D eigenvalue weighted by Crippen LogP contribution is 2.14. The third kappa shape index (κ3) is 2.05. The van der Waals surface area contributed by atoms with Crippen LogP contribution in [0.2, 0.25) is 0 Å². The fraction of sp³-hybridized carbons (Fsp3) is 0.100. The normalized spacial score (nSPS) is 10.3. The molecule has 82 valence electrons. The summed E-state index contributed by atoms with van der Waals surface area (Å²) in [5, 5.41) is 8.67. The zero-order chi connectivity index (χ0) is 11.5. The van der Waals surface area contributed by atoms with E-state index in [0.717, 1.165) is 0 Å². The van der Waals surface area contributed by atoms with E-state index in [1.54, 1.807) is 6.07 Å². The molecule has 6 heteroatoms. The molecule has 5 nitrogen and oxygen atoms in total. The summed E-state index contributed by atoms with van der Waals surface area (Å²) in [5.74, 6) is -1.28. The van der Waals surface area contributed by atoms with E-state index in [-0.39, 0.29) is 6.54 Å². The summed E-state index contributed by atoms with van der Waals surface area (Å²) in [6.45, 7) is -0.229. The summed E-state index contributed by atoms with van der Waals surface area (Å²) in [7, 11) is 0. The molecule has 0 aliphatic carbocycles. The zero-order valence-electron chi connectivity index (χ0n) is 8.17. The molecule has 2 aromatic rings. The zero-order valence-corrected chi connectivity index (χ0v) is 8.17. The number of halogens is 1. The number of aliphatic carboxylic acids is 1. The maximum absolute atomic E-state index is 12.9. The van der Waals surface area contributed by atoms with Crippen LogP contribution in [-0.2, 0) is 11.3 Å². The van der Waals surface area contributed by atoms with Gasteiger partial charge in [-0.3, -0.25) is 4.79 Å². The van der Waals surface area contributed by atoms with Crippen LogP contribution in [-0.4, -0.2) is 25.6 Å². The molecule has 0 atom stereocenters. The number of hydrogen-bond donors (Lipinski definition) is 1. The quantitative estimate of drug-likeness (QED) is 0.790. The number of nitrogens with zero attached hydrogens (tertiary/aromatic N) is 3. The predicted octanol–water partition coefficient (Wildman–Crippen LogP) is 1.17. The number of carbonyl (C=O) groups is 1. The van der Waals surface area contributed by atoms with Gasteiger partial charge in [0.05, 0.1) is 0 Å². The Morgan fingerprint density at radius 2 is 2.31 bits per heavy atom. The third-order valence-corrected chi connectivity index (χ3v) is 1.97. The standard InChI is InChI=1S/C10H8FN3O2/c11-8-3-1-2-7(13-8)10-12-4-5-14(10)6-9(15)16/h1-5H,6H2,(H,15,16). The topological polar surface area (TPSA) is 68.0 Å². The Hall–Kier alpha value is -2.24. The minimum absolute atomic E-state index is 0.229. The van der Waals surface area contributed by atoms with E-state index in [9.17, 15) is 9.18 Å². The Balaban J connectivity index is 2.40. The number of rotatable bonds is 3. The SMILES string of the molecule is O=C(O)Cn1ccnc1-c1cccc(F)n1. The van der Waals surface area contributed by atoms with E-state index in [2.05, 4.69) is 9.97 Å². The van der Waals surface area contributed by atoms with Gasteiger partial charge in [0.25, 0.3) is 0 Å². The van der Waals surface area contributed by atoms with Crippen molar-refractivity contribution in [3.05, 3.63) is 36.5 Å². The molecular weight excluding hydrogens is 213 g/mol. The van der Waals surface area contributed by atoms with E-state index >= 15 is 0 Å². The van der Waals surface area contributed by atoms with Gasteiger partial charge in [-0.25, -0.2) is 9.97 Å². The van der Waals surface area contributed by atoms with Gasteiger partial charge in [-0.05, 0) is 12.1 Å². The average molecular weight is 221 g/mol. The molecule has 1 N–H and O–H groups in total. The van der Waals surface area contributed by atoms with E-state index in [1.807, 2.05) is 0 Å². The molecule has 0 saturated heterocycles. The van der Waals surface area contributed by atoms with Crippen molar-refractivity contribution in [2.45, 2.75) is 6.54 Å².